The summed E-state index contributed by atoms with van der Waals surface area (Å²) in [6, 6.07) is 0. The number of sulfone groups is 1. The van der Waals surface area contributed by atoms with Gasteiger partial charge in [-0.1, -0.05) is 39.0 Å². The minimum Gasteiger partial charge on any atom is -0.392 e. The van der Waals surface area contributed by atoms with E-state index in [9.17, 15) is 13.5 Å². The predicted molar refractivity (Wildman–Crippen MR) is 121 cm³/mol. The quantitative estimate of drug-likeness (QED) is 0.337. The molecule has 3 aliphatic rings. The highest BCUT2D eigenvalue weighted by atomic mass is 127. The Labute approximate surface area is 181 Å². The molecule has 2 saturated carbocycles. The first kappa shape index (κ1) is 23.2. The number of aliphatic hydroxyl groups is 1. The lowest BCUT2D eigenvalue weighted by molar-refractivity contribution is 0.00361. The largest absolute Gasteiger partial charge is 0.392 e. The zero-order chi connectivity index (χ0) is 18.8. The Morgan fingerprint density at radius 2 is 1.85 bits per heavy atom. The van der Waals surface area contributed by atoms with Crippen molar-refractivity contribution in [1.29, 1.82) is 0 Å². The van der Waals surface area contributed by atoms with Gasteiger partial charge in [-0.15, -0.1) is 24.0 Å². The Bertz CT molecular complexity index is 634. The van der Waals surface area contributed by atoms with Crippen molar-refractivity contribution in [3.63, 3.8) is 0 Å². The third-order valence-corrected chi connectivity index (χ3v) is 9.55. The number of rotatable bonds is 2. The Kier molecular flexibility index (Phi) is 7.86. The molecule has 6 nitrogen and oxygen atoms in total. The minimum absolute atomic E-state index is 0. The van der Waals surface area contributed by atoms with E-state index in [1.807, 2.05) is 0 Å². The molecule has 1 aliphatic heterocycles. The molecular weight excluding hydrogens is 477 g/mol. The summed E-state index contributed by atoms with van der Waals surface area (Å²) in [4.78, 5) is 6.56. The van der Waals surface area contributed by atoms with Crippen molar-refractivity contribution >= 4 is 39.8 Å². The normalized spacial score (nSPS) is 33.4. The van der Waals surface area contributed by atoms with Crippen LogP contribution in [-0.4, -0.2) is 67.7 Å². The van der Waals surface area contributed by atoms with Crippen LogP contribution in [0, 0.1) is 5.41 Å². The molecule has 2 unspecified atom stereocenters. The third kappa shape index (κ3) is 4.74. The Morgan fingerprint density at radius 1 is 1.19 bits per heavy atom. The Balaban J connectivity index is 0.00000261. The number of nitrogens with zero attached hydrogens (tertiary/aromatic N) is 2. The summed E-state index contributed by atoms with van der Waals surface area (Å²) in [5.41, 5.74) is -0.140. The van der Waals surface area contributed by atoms with Crippen LogP contribution in [0.1, 0.15) is 64.7 Å². The zero-order valence-corrected chi connectivity index (χ0v) is 19.9. The van der Waals surface area contributed by atoms with E-state index in [1.54, 1.807) is 7.05 Å². The number of halogens is 1. The van der Waals surface area contributed by atoms with Crippen molar-refractivity contribution in [2.75, 3.05) is 32.4 Å². The van der Waals surface area contributed by atoms with E-state index in [1.165, 1.54) is 0 Å². The van der Waals surface area contributed by atoms with Gasteiger partial charge in [-0.05, 0) is 25.7 Å². The smallest absolute Gasteiger partial charge is 0.193 e. The van der Waals surface area contributed by atoms with E-state index in [-0.39, 0.29) is 41.2 Å². The van der Waals surface area contributed by atoms with E-state index >= 15 is 0 Å². The molecule has 0 aromatic rings. The van der Waals surface area contributed by atoms with Crippen molar-refractivity contribution in [3.05, 3.63) is 0 Å². The number of aliphatic imine (C=N–C) groups is 1. The minimum atomic E-state index is -3.04. The van der Waals surface area contributed by atoms with Crippen LogP contribution in [0.15, 0.2) is 4.99 Å². The highest BCUT2D eigenvalue weighted by Crippen LogP contribution is 2.39. The predicted octanol–water partition coefficient (Wildman–Crippen LogP) is 2.55. The molecule has 2 N–H and O–H groups in total. The SMILES string of the molecule is CN=C(NCC1(C)CCCCC1O)N1CCS(=O)(=O)C2(CCCCC2)C1.I. The first-order valence-corrected chi connectivity index (χ1v) is 11.8. The van der Waals surface area contributed by atoms with Gasteiger partial charge in [0.15, 0.2) is 15.8 Å². The molecule has 3 fully saturated rings. The molecule has 0 radical (unpaired) electrons. The van der Waals surface area contributed by atoms with Gasteiger partial charge in [-0.3, -0.25) is 4.99 Å². The second kappa shape index (κ2) is 9.15. The molecule has 1 saturated heterocycles. The number of hydrogen-bond acceptors (Lipinski definition) is 4. The van der Waals surface area contributed by atoms with E-state index in [2.05, 4.69) is 22.1 Å². The number of nitrogens with one attached hydrogen (secondary N) is 1. The molecule has 3 rings (SSSR count). The van der Waals surface area contributed by atoms with Crippen LogP contribution >= 0.6 is 24.0 Å². The Morgan fingerprint density at radius 3 is 2.48 bits per heavy atom. The first-order valence-electron chi connectivity index (χ1n) is 10.2. The second-order valence-electron chi connectivity index (χ2n) is 8.80. The summed E-state index contributed by atoms with van der Waals surface area (Å²) >= 11 is 0. The van der Waals surface area contributed by atoms with E-state index < -0.39 is 14.6 Å². The van der Waals surface area contributed by atoms with Gasteiger partial charge in [-0.2, -0.15) is 0 Å². The number of hydrogen-bond donors (Lipinski definition) is 2. The molecule has 1 heterocycles. The van der Waals surface area contributed by atoms with Gasteiger partial charge < -0.3 is 15.3 Å². The molecule has 0 aromatic carbocycles. The maximum absolute atomic E-state index is 12.8. The lowest BCUT2D eigenvalue weighted by Gasteiger charge is -2.46. The van der Waals surface area contributed by atoms with Crippen LogP contribution in [-0.2, 0) is 9.84 Å². The van der Waals surface area contributed by atoms with Crippen molar-refractivity contribution in [2.45, 2.75) is 75.6 Å². The van der Waals surface area contributed by atoms with E-state index in [0.717, 1.165) is 63.7 Å². The summed E-state index contributed by atoms with van der Waals surface area (Å²) < 4.78 is 25.0. The van der Waals surface area contributed by atoms with Crippen LogP contribution in [0.4, 0.5) is 0 Å². The van der Waals surface area contributed by atoms with Gasteiger partial charge in [0, 0.05) is 32.1 Å². The topological polar surface area (TPSA) is 82.0 Å². The average Bonchev–Trinajstić information content (AvgIpc) is 2.62. The van der Waals surface area contributed by atoms with Crippen molar-refractivity contribution in [3.8, 4) is 0 Å². The van der Waals surface area contributed by atoms with Crippen molar-refractivity contribution in [2.24, 2.45) is 10.4 Å². The molecule has 27 heavy (non-hydrogen) atoms. The van der Waals surface area contributed by atoms with Gasteiger partial charge in [0.2, 0.25) is 0 Å². The molecule has 2 atom stereocenters. The third-order valence-electron chi connectivity index (χ3n) is 6.98. The van der Waals surface area contributed by atoms with Crippen LogP contribution < -0.4 is 5.32 Å². The second-order valence-corrected chi connectivity index (χ2v) is 11.3. The summed E-state index contributed by atoms with van der Waals surface area (Å²) in [5.74, 6) is 0.997. The first-order chi connectivity index (χ1) is 12.3. The molecule has 0 aromatic heterocycles. The van der Waals surface area contributed by atoms with Gasteiger partial charge >= 0.3 is 0 Å². The lowest BCUT2D eigenvalue weighted by atomic mass is 9.73. The lowest BCUT2D eigenvalue weighted by Crippen LogP contribution is -2.61. The van der Waals surface area contributed by atoms with Crippen LogP contribution in [0.25, 0.3) is 0 Å². The maximum atomic E-state index is 12.8. The van der Waals surface area contributed by atoms with E-state index in [4.69, 9.17) is 0 Å². The molecule has 158 valence electrons. The molecular formula is C19H36IN3O3S. The highest BCUT2D eigenvalue weighted by molar-refractivity contribution is 14.0. The fraction of sp³-hybridized carbons (Fsp3) is 0.947. The number of aliphatic hydroxyl groups excluding tert-OH is 1. The summed E-state index contributed by atoms with van der Waals surface area (Å²) in [6.45, 7) is 3.87. The van der Waals surface area contributed by atoms with Gasteiger partial charge in [-0.25, -0.2) is 8.42 Å². The van der Waals surface area contributed by atoms with Crippen molar-refractivity contribution in [1.82, 2.24) is 10.2 Å². The van der Waals surface area contributed by atoms with E-state index in [0.29, 0.717) is 19.6 Å². The van der Waals surface area contributed by atoms with Gasteiger partial charge in [0.25, 0.3) is 0 Å². The van der Waals surface area contributed by atoms with Gasteiger partial charge in [0.1, 0.15) is 0 Å². The monoisotopic (exact) mass is 513 g/mol. The summed E-state index contributed by atoms with van der Waals surface area (Å²) in [6.07, 6.45) is 8.54. The molecule has 0 bridgehead atoms. The highest BCUT2D eigenvalue weighted by Gasteiger charge is 2.49. The summed E-state index contributed by atoms with van der Waals surface area (Å²) in [7, 11) is -1.28. The van der Waals surface area contributed by atoms with Crippen molar-refractivity contribution < 1.29 is 13.5 Å². The van der Waals surface area contributed by atoms with Gasteiger partial charge in [0.05, 0.1) is 16.6 Å². The van der Waals surface area contributed by atoms with Crippen LogP contribution in [0.3, 0.4) is 0 Å². The molecule has 1 spiro atoms. The molecule has 8 heteroatoms. The standard InChI is InChI=1S/C19H35N3O3S.HI/c1-18(9-7-4-8-16(18)23)14-21-17(20-2)22-12-13-26(24,25)19(15-22)10-5-3-6-11-19;/h16,23H,3-15H2,1-2H3,(H,20,21);1H. The number of guanidine groups is 1. The summed E-state index contributed by atoms with van der Waals surface area (Å²) in [5, 5.41) is 13.9. The fourth-order valence-corrected chi connectivity index (χ4v) is 7.18. The molecule has 0 amide bonds. The average molecular weight is 513 g/mol. The van der Waals surface area contributed by atoms with Crippen LogP contribution in [0.5, 0.6) is 0 Å². The fourth-order valence-electron chi connectivity index (χ4n) is 5.02. The Hall–Kier alpha value is -0.0900. The zero-order valence-electron chi connectivity index (χ0n) is 16.7. The van der Waals surface area contributed by atoms with Crippen LogP contribution in [0.2, 0.25) is 0 Å². The maximum Gasteiger partial charge on any atom is 0.193 e. The molecule has 2 aliphatic carbocycles.